The lowest BCUT2D eigenvalue weighted by molar-refractivity contribution is 0.100. The molecule has 0 unspecified atom stereocenters. The lowest BCUT2D eigenvalue weighted by Crippen LogP contribution is -2.18. The van der Waals surface area contributed by atoms with E-state index in [-0.39, 0.29) is 0 Å². The molecule has 0 bridgehead atoms. The van der Waals surface area contributed by atoms with Crippen LogP contribution in [0, 0.1) is 6.92 Å². The summed E-state index contributed by atoms with van der Waals surface area (Å²) in [5.41, 5.74) is 9.68. The molecular weight excluding hydrogens is 238 g/mol. The molecule has 2 aromatic rings. The second-order valence-corrected chi connectivity index (χ2v) is 4.63. The van der Waals surface area contributed by atoms with Gasteiger partial charge in [0, 0.05) is 37.2 Å². The van der Waals surface area contributed by atoms with Gasteiger partial charge < -0.3 is 10.6 Å². The summed E-state index contributed by atoms with van der Waals surface area (Å²) in [7, 11) is 3.77. The highest BCUT2D eigenvalue weighted by Gasteiger charge is 2.12. The first-order chi connectivity index (χ1) is 9.00. The number of rotatable bonds is 3. The van der Waals surface area contributed by atoms with Crippen molar-refractivity contribution in [1.29, 1.82) is 0 Å². The minimum atomic E-state index is -0.424. The lowest BCUT2D eigenvalue weighted by Gasteiger charge is -2.17. The molecule has 1 aromatic carbocycles. The molecule has 0 radical (unpaired) electrons. The van der Waals surface area contributed by atoms with Gasteiger partial charge in [0.15, 0.2) is 0 Å². The summed E-state index contributed by atoms with van der Waals surface area (Å²) in [4.78, 5) is 17.7. The monoisotopic (exact) mass is 255 g/mol. The molecule has 19 heavy (non-hydrogen) atoms. The zero-order valence-electron chi connectivity index (χ0n) is 11.3. The molecule has 0 saturated heterocycles. The van der Waals surface area contributed by atoms with Crippen molar-refractivity contribution >= 4 is 11.6 Å². The minimum Gasteiger partial charge on any atom is -0.377 e. The van der Waals surface area contributed by atoms with E-state index in [0.717, 1.165) is 22.5 Å². The molecule has 0 aliphatic carbocycles. The number of carbonyl (C=O) groups is 1. The van der Waals surface area contributed by atoms with Gasteiger partial charge in [-0.25, -0.2) is 0 Å². The average Bonchev–Trinajstić information content (AvgIpc) is 2.38. The van der Waals surface area contributed by atoms with Crippen LogP contribution < -0.4 is 10.6 Å². The lowest BCUT2D eigenvalue weighted by atomic mass is 10.0. The Balaban J connectivity index is 2.59. The van der Waals surface area contributed by atoms with Crippen LogP contribution >= 0.6 is 0 Å². The number of amides is 1. The standard InChI is InChI=1S/C15H17N3O/c1-10-12(5-4-8-17-10)11-6-7-14(18(2)3)13(9-11)15(16)19/h4-9H,1-3H3,(H2,16,19). The predicted molar refractivity (Wildman–Crippen MR) is 77.3 cm³/mol. The molecule has 4 nitrogen and oxygen atoms in total. The molecule has 4 heteroatoms. The quantitative estimate of drug-likeness (QED) is 0.914. The fraction of sp³-hybridized carbons (Fsp3) is 0.200. The number of benzene rings is 1. The number of anilines is 1. The van der Waals surface area contributed by atoms with Crippen LogP contribution in [-0.4, -0.2) is 25.0 Å². The van der Waals surface area contributed by atoms with E-state index in [4.69, 9.17) is 5.73 Å². The molecule has 2 rings (SSSR count). The van der Waals surface area contributed by atoms with Crippen molar-refractivity contribution in [3.63, 3.8) is 0 Å². The number of carbonyl (C=O) groups excluding carboxylic acids is 1. The fourth-order valence-corrected chi connectivity index (χ4v) is 2.08. The molecule has 98 valence electrons. The highest BCUT2D eigenvalue weighted by Crippen LogP contribution is 2.27. The van der Waals surface area contributed by atoms with E-state index in [0.29, 0.717) is 5.56 Å². The maximum atomic E-state index is 11.6. The maximum absolute atomic E-state index is 11.6. The van der Waals surface area contributed by atoms with Crippen molar-refractivity contribution < 1.29 is 4.79 Å². The number of nitrogens with zero attached hydrogens (tertiary/aromatic N) is 2. The maximum Gasteiger partial charge on any atom is 0.250 e. The Hall–Kier alpha value is -2.36. The van der Waals surface area contributed by atoms with Gasteiger partial charge in [0.25, 0.3) is 5.91 Å². The Morgan fingerprint density at radius 2 is 2.00 bits per heavy atom. The van der Waals surface area contributed by atoms with Gasteiger partial charge >= 0.3 is 0 Å². The van der Waals surface area contributed by atoms with Crippen LogP contribution in [0.4, 0.5) is 5.69 Å². The summed E-state index contributed by atoms with van der Waals surface area (Å²) in [6.07, 6.45) is 1.75. The Morgan fingerprint density at radius 3 is 2.58 bits per heavy atom. The van der Waals surface area contributed by atoms with Crippen LogP contribution in [0.2, 0.25) is 0 Å². The van der Waals surface area contributed by atoms with E-state index in [9.17, 15) is 4.79 Å². The Morgan fingerprint density at radius 1 is 1.26 bits per heavy atom. The van der Waals surface area contributed by atoms with Gasteiger partial charge in [-0.15, -0.1) is 0 Å². The fourth-order valence-electron chi connectivity index (χ4n) is 2.08. The molecule has 0 atom stereocenters. The van der Waals surface area contributed by atoms with Gasteiger partial charge in [-0.2, -0.15) is 0 Å². The molecule has 1 amide bonds. The summed E-state index contributed by atoms with van der Waals surface area (Å²) in [5.74, 6) is -0.424. The summed E-state index contributed by atoms with van der Waals surface area (Å²) < 4.78 is 0. The third kappa shape index (κ3) is 2.57. The van der Waals surface area contributed by atoms with Crippen molar-refractivity contribution in [1.82, 2.24) is 4.98 Å². The van der Waals surface area contributed by atoms with Crippen LogP contribution in [0.15, 0.2) is 36.5 Å². The third-order valence-electron chi connectivity index (χ3n) is 3.06. The SMILES string of the molecule is Cc1ncccc1-c1ccc(N(C)C)c(C(N)=O)c1. The molecule has 0 aliphatic heterocycles. The highest BCUT2D eigenvalue weighted by atomic mass is 16.1. The van der Waals surface area contributed by atoms with Crippen molar-refractivity contribution in [3.8, 4) is 11.1 Å². The molecule has 0 aliphatic rings. The molecule has 1 heterocycles. The van der Waals surface area contributed by atoms with Crippen LogP contribution in [0.3, 0.4) is 0 Å². The van der Waals surface area contributed by atoms with E-state index in [1.807, 2.05) is 56.3 Å². The van der Waals surface area contributed by atoms with Gasteiger partial charge in [-0.1, -0.05) is 12.1 Å². The average molecular weight is 255 g/mol. The Kier molecular flexibility index (Phi) is 3.51. The summed E-state index contributed by atoms with van der Waals surface area (Å²) in [6.45, 7) is 1.94. The van der Waals surface area contributed by atoms with E-state index in [1.54, 1.807) is 6.20 Å². The number of primary amides is 1. The Bertz CT molecular complexity index is 621. The van der Waals surface area contributed by atoms with E-state index in [2.05, 4.69) is 4.98 Å². The van der Waals surface area contributed by atoms with Gasteiger partial charge in [-0.05, 0) is 30.7 Å². The van der Waals surface area contributed by atoms with Gasteiger partial charge in [-0.3, -0.25) is 9.78 Å². The number of hydrogen-bond donors (Lipinski definition) is 1. The zero-order chi connectivity index (χ0) is 14.0. The first-order valence-electron chi connectivity index (χ1n) is 6.04. The Labute approximate surface area is 112 Å². The van der Waals surface area contributed by atoms with Crippen molar-refractivity contribution in [2.75, 3.05) is 19.0 Å². The molecule has 1 aromatic heterocycles. The van der Waals surface area contributed by atoms with E-state index < -0.39 is 5.91 Å². The molecule has 0 fully saturated rings. The number of nitrogens with two attached hydrogens (primary N) is 1. The number of aryl methyl sites for hydroxylation is 1. The molecule has 0 spiro atoms. The summed E-state index contributed by atoms with van der Waals surface area (Å²) in [5, 5.41) is 0. The number of aromatic nitrogens is 1. The first-order valence-corrected chi connectivity index (χ1v) is 6.04. The predicted octanol–water partition coefficient (Wildman–Crippen LogP) is 2.22. The highest BCUT2D eigenvalue weighted by molar-refractivity contribution is 6.00. The van der Waals surface area contributed by atoms with Gasteiger partial charge in [0.05, 0.1) is 5.56 Å². The van der Waals surface area contributed by atoms with Crippen molar-refractivity contribution in [3.05, 3.63) is 47.8 Å². The third-order valence-corrected chi connectivity index (χ3v) is 3.06. The largest absolute Gasteiger partial charge is 0.377 e. The van der Waals surface area contributed by atoms with Gasteiger partial charge in [0.1, 0.15) is 0 Å². The topological polar surface area (TPSA) is 59.2 Å². The second-order valence-electron chi connectivity index (χ2n) is 4.63. The molecular formula is C15H17N3O. The normalized spacial score (nSPS) is 10.3. The van der Waals surface area contributed by atoms with Crippen molar-refractivity contribution in [2.24, 2.45) is 5.73 Å². The van der Waals surface area contributed by atoms with Crippen molar-refractivity contribution in [2.45, 2.75) is 6.92 Å². The van der Waals surface area contributed by atoms with Crippen LogP contribution in [0.5, 0.6) is 0 Å². The summed E-state index contributed by atoms with van der Waals surface area (Å²) >= 11 is 0. The molecule has 2 N–H and O–H groups in total. The first kappa shape index (κ1) is 13.1. The van der Waals surface area contributed by atoms with E-state index >= 15 is 0 Å². The number of hydrogen-bond acceptors (Lipinski definition) is 3. The number of pyridine rings is 1. The smallest absolute Gasteiger partial charge is 0.250 e. The zero-order valence-corrected chi connectivity index (χ0v) is 11.3. The van der Waals surface area contributed by atoms with Crippen LogP contribution in [0.1, 0.15) is 16.1 Å². The second kappa shape index (κ2) is 5.10. The van der Waals surface area contributed by atoms with E-state index in [1.165, 1.54) is 0 Å². The summed E-state index contributed by atoms with van der Waals surface area (Å²) in [6, 6.07) is 9.57. The van der Waals surface area contributed by atoms with Crippen LogP contribution in [-0.2, 0) is 0 Å². The molecule has 0 saturated carbocycles. The minimum absolute atomic E-state index is 0.424. The van der Waals surface area contributed by atoms with Gasteiger partial charge in [0.2, 0.25) is 0 Å². The van der Waals surface area contributed by atoms with Crippen LogP contribution in [0.25, 0.3) is 11.1 Å².